The molecule has 2 aliphatic heterocycles. The lowest BCUT2D eigenvalue weighted by atomic mass is 9.90. The molecule has 2 aromatic rings. The Morgan fingerprint density at radius 1 is 0.963 bits per heavy atom. The van der Waals surface area contributed by atoms with Crippen LogP contribution in [-0.2, 0) is 9.53 Å². The van der Waals surface area contributed by atoms with Gasteiger partial charge in [-0.15, -0.1) is 0 Å². The second-order valence-corrected chi connectivity index (χ2v) is 6.96. The highest BCUT2D eigenvalue weighted by Crippen LogP contribution is 2.29. The molecule has 0 spiro atoms. The second kappa shape index (κ2) is 7.80. The zero-order valence-electron chi connectivity index (χ0n) is 15.1. The van der Waals surface area contributed by atoms with Gasteiger partial charge in [0.2, 0.25) is 5.91 Å². The van der Waals surface area contributed by atoms with Gasteiger partial charge in [-0.1, -0.05) is 54.6 Å². The molecule has 0 bridgehead atoms. The van der Waals surface area contributed by atoms with E-state index in [1.54, 1.807) is 4.90 Å². The van der Waals surface area contributed by atoms with Gasteiger partial charge in [-0.25, -0.2) is 4.79 Å². The molecule has 2 aromatic carbocycles. The number of carbonyl (C=O) groups is 2. The van der Waals surface area contributed by atoms with Gasteiger partial charge in [0, 0.05) is 32.1 Å². The van der Waals surface area contributed by atoms with Crippen LogP contribution in [0, 0.1) is 0 Å². The van der Waals surface area contributed by atoms with Crippen molar-refractivity contribution in [3.63, 3.8) is 0 Å². The molecule has 1 N–H and O–H groups in total. The summed E-state index contributed by atoms with van der Waals surface area (Å²) in [4.78, 5) is 27.4. The number of hydrogen-bond donors (Lipinski definition) is 1. The minimum absolute atomic E-state index is 0.000167. The lowest BCUT2D eigenvalue weighted by molar-refractivity contribution is -0.128. The zero-order valence-corrected chi connectivity index (χ0v) is 15.1. The van der Waals surface area contributed by atoms with E-state index in [0.29, 0.717) is 32.1 Å². The van der Waals surface area contributed by atoms with E-state index >= 15 is 0 Å². The zero-order chi connectivity index (χ0) is 18.6. The molecule has 2 heterocycles. The van der Waals surface area contributed by atoms with Crippen molar-refractivity contribution >= 4 is 11.9 Å². The van der Waals surface area contributed by atoms with Gasteiger partial charge in [-0.3, -0.25) is 9.69 Å². The number of likely N-dealkylation sites (tertiary alicyclic amines) is 1. The Kier molecular flexibility index (Phi) is 5.07. The second-order valence-electron chi connectivity index (χ2n) is 6.96. The van der Waals surface area contributed by atoms with Gasteiger partial charge in [0.1, 0.15) is 13.3 Å². The molecule has 0 aliphatic carbocycles. The van der Waals surface area contributed by atoms with Crippen LogP contribution in [0.15, 0.2) is 54.6 Å². The largest absolute Gasteiger partial charge is 0.352 e. The highest BCUT2D eigenvalue weighted by Gasteiger charge is 2.34. The smallest absolute Gasteiger partial charge is 0.321 e. The van der Waals surface area contributed by atoms with E-state index in [1.165, 1.54) is 16.7 Å². The van der Waals surface area contributed by atoms with E-state index in [9.17, 15) is 9.59 Å². The van der Waals surface area contributed by atoms with E-state index in [-0.39, 0.29) is 25.3 Å². The van der Waals surface area contributed by atoms with Crippen LogP contribution in [0.25, 0.3) is 11.1 Å². The summed E-state index contributed by atoms with van der Waals surface area (Å²) in [6.45, 7) is 2.53. The molecule has 2 fully saturated rings. The fraction of sp³-hybridized carbons (Fsp3) is 0.333. The van der Waals surface area contributed by atoms with Crippen LogP contribution in [0.2, 0.25) is 0 Å². The fourth-order valence-electron chi connectivity index (χ4n) is 3.47. The molecule has 0 saturated carbocycles. The highest BCUT2D eigenvalue weighted by molar-refractivity contribution is 5.78. The Hall–Kier alpha value is -2.86. The molecule has 6 nitrogen and oxygen atoms in total. The van der Waals surface area contributed by atoms with Gasteiger partial charge < -0.3 is 15.0 Å². The summed E-state index contributed by atoms with van der Waals surface area (Å²) < 4.78 is 5.27. The summed E-state index contributed by atoms with van der Waals surface area (Å²) in [5.74, 6) is 0.235. The van der Waals surface area contributed by atoms with Crippen LogP contribution < -0.4 is 5.32 Å². The molecule has 3 amide bonds. The lowest BCUT2D eigenvalue weighted by Gasteiger charge is -2.42. The Balaban J connectivity index is 1.32. The number of urea groups is 1. The molecular formula is C21H23N3O3. The van der Waals surface area contributed by atoms with E-state index in [0.717, 1.165) is 0 Å². The number of hydrogen-bond acceptors (Lipinski definition) is 3. The third kappa shape index (κ3) is 3.95. The minimum atomic E-state index is -0.134. The number of nitrogens with zero attached hydrogens (tertiary/aromatic N) is 2. The van der Waals surface area contributed by atoms with Gasteiger partial charge in [-0.2, -0.15) is 0 Å². The van der Waals surface area contributed by atoms with Crippen molar-refractivity contribution in [1.29, 1.82) is 0 Å². The summed E-state index contributed by atoms with van der Waals surface area (Å²) >= 11 is 0. The monoisotopic (exact) mass is 365 g/mol. The Morgan fingerprint density at radius 2 is 1.67 bits per heavy atom. The van der Waals surface area contributed by atoms with Crippen molar-refractivity contribution < 1.29 is 14.3 Å². The lowest BCUT2D eigenvalue weighted by Crippen LogP contribution is -2.56. The standard InChI is InChI=1S/C21H23N3O3/c25-20-14-27-15-23(11-10-22-20)21(26)24-12-19(13-24)18-8-6-17(7-9-18)16-4-2-1-3-5-16/h1-9,19H,10-15H2,(H,22,25). The first-order valence-corrected chi connectivity index (χ1v) is 9.24. The summed E-state index contributed by atoms with van der Waals surface area (Å²) in [6.07, 6.45) is 0. The number of benzene rings is 2. The molecule has 0 aromatic heterocycles. The van der Waals surface area contributed by atoms with Gasteiger partial charge in [0.05, 0.1) is 0 Å². The molecule has 0 radical (unpaired) electrons. The SMILES string of the molecule is O=C1COCN(C(=O)N2CC(c3ccc(-c4ccccc4)cc3)C2)CCN1. The molecule has 0 unspecified atom stereocenters. The predicted octanol–water partition coefficient (Wildman–Crippen LogP) is 2.28. The Bertz CT molecular complexity index is 789. The molecular weight excluding hydrogens is 342 g/mol. The van der Waals surface area contributed by atoms with Crippen molar-refractivity contribution in [3.8, 4) is 11.1 Å². The summed E-state index contributed by atoms with van der Waals surface area (Å²) in [5, 5.41) is 2.72. The number of amides is 3. The number of ether oxygens (including phenoxy) is 1. The van der Waals surface area contributed by atoms with Crippen LogP contribution in [0.4, 0.5) is 4.79 Å². The van der Waals surface area contributed by atoms with Gasteiger partial charge in [-0.05, 0) is 16.7 Å². The van der Waals surface area contributed by atoms with Crippen molar-refractivity contribution in [2.24, 2.45) is 0 Å². The first kappa shape index (κ1) is 17.5. The maximum Gasteiger partial charge on any atom is 0.321 e. The maximum absolute atomic E-state index is 12.6. The molecule has 27 heavy (non-hydrogen) atoms. The molecule has 0 atom stereocenters. The van der Waals surface area contributed by atoms with Gasteiger partial charge >= 0.3 is 6.03 Å². The predicted molar refractivity (Wildman–Crippen MR) is 102 cm³/mol. The first-order chi connectivity index (χ1) is 13.2. The Labute approximate surface area is 158 Å². The Morgan fingerprint density at radius 3 is 2.41 bits per heavy atom. The van der Waals surface area contributed by atoms with E-state index in [2.05, 4.69) is 41.7 Å². The van der Waals surface area contributed by atoms with Crippen LogP contribution in [0.5, 0.6) is 0 Å². The van der Waals surface area contributed by atoms with E-state index in [1.807, 2.05) is 23.1 Å². The summed E-state index contributed by atoms with van der Waals surface area (Å²) in [6, 6.07) is 18.9. The molecule has 2 aliphatic rings. The van der Waals surface area contributed by atoms with Crippen LogP contribution in [-0.4, -0.2) is 61.3 Å². The third-order valence-corrected chi connectivity index (χ3v) is 5.10. The molecule has 4 rings (SSSR count). The first-order valence-electron chi connectivity index (χ1n) is 9.24. The summed E-state index contributed by atoms with van der Waals surface area (Å²) in [7, 11) is 0. The molecule has 2 saturated heterocycles. The number of carbonyl (C=O) groups excluding carboxylic acids is 2. The van der Waals surface area contributed by atoms with Crippen molar-refractivity contribution in [2.45, 2.75) is 5.92 Å². The van der Waals surface area contributed by atoms with Gasteiger partial charge in [0.25, 0.3) is 0 Å². The van der Waals surface area contributed by atoms with Crippen LogP contribution in [0.1, 0.15) is 11.5 Å². The van der Waals surface area contributed by atoms with Crippen molar-refractivity contribution in [1.82, 2.24) is 15.1 Å². The minimum Gasteiger partial charge on any atom is -0.352 e. The fourth-order valence-corrected chi connectivity index (χ4v) is 3.47. The van der Waals surface area contributed by atoms with Crippen LogP contribution in [0.3, 0.4) is 0 Å². The van der Waals surface area contributed by atoms with E-state index < -0.39 is 0 Å². The van der Waals surface area contributed by atoms with Gasteiger partial charge in [0.15, 0.2) is 0 Å². The number of rotatable bonds is 2. The quantitative estimate of drug-likeness (QED) is 0.888. The van der Waals surface area contributed by atoms with Crippen molar-refractivity contribution in [3.05, 3.63) is 60.2 Å². The number of nitrogens with one attached hydrogen (secondary N) is 1. The maximum atomic E-state index is 12.6. The van der Waals surface area contributed by atoms with E-state index in [4.69, 9.17) is 4.74 Å². The van der Waals surface area contributed by atoms with Crippen molar-refractivity contribution in [2.75, 3.05) is 39.5 Å². The topological polar surface area (TPSA) is 61.9 Å². The summed E-state index contributed by atoms with van der Waals surface area (Å²) in [5.41, 5.74) is 3.67. The molecule has 140 valence electrons. The highest BCUT2D eigenvalue weighted by atomic mass is 16.5. The third-order valence-electron chi connectivity index (χ3n) is 5.10. The average molecular weight is 365 g/mol. The van der Waals surface area contributed by atoms with Crippen LogP contribution >= 0.6 is 0 Å². The normalized spacial score (nSPS) is 18.3. The molecule has 6 heteroatoms. The average Bonchev–Trinajstić information content (AvgIpc) is 2.64.